The summed E-state index contributed by atoms with van der Waals surface area (Å²) in [5.74, 6) is 0.0450. The van der Waals surface area contributed by atoms with Crippen LogP contribution in [0.2, 0.25) is 0 Å². The maximum absolute atomic E-state index is 12.8. The molecule has 5 nitrogen and oxygen atoms in total. The van der Waals surface area contributed by atoms with E-state index in [4.69, 9.17) is 0 Å². The number of hydrogen-bond acceptors (Lipinski definition) is 4. The van der Waals surface area contributed by atoms with Gasteiger partial charge in [-0.2, -0.15) is 0 Å². The van der Waals surface area contributed by atoms with E-state index in [0.29, 0.717) is 11.7 Å². The number of anilines is 1. The third kappa shape index (κ3) is 4.90. The Labute approximate surface area is 167 Å². The summed E-state index contributed by atoms with van der Waals surface area (Å²) < 4.78 is 0. The maximum atomic E-state index is 12.8. The molecule has 4 rings (SSSR count). The van der Waals surface area contributed by atoms with Gasteiger partial charge >= 0.3 is 0 Å². The van der Waals surface area contributed by atoms with E-state index in [0.717, 1.165) is 38.4 Å². The van der Waals surface area contributed by atoms with Crippen LogP contribution in [0.5, 0.6) is 0 Å². The van der Waals surface area contributed by atoms with Crippen molar-refractivity contribution in [3.63, 3.8) is 0 Å². The monoisotopic (exact) mass is 378 g/mol. The van der Waals surface area contributed by atoms with Crippen molar-refractivity contribution in [1.82, 2.24) is 14.8 Å². The molecule has 1 aromatic heterocycles. The van der Waals surface area contributed by atoms with Crippen LogP contribution in [0.1, 0.15) is 48.2 Å². The molecule has 1 N–H and O–H groups in total. The first kappa shape index (κ1) is 18.9. The van der Waals surface area contributed by atoms with Crippen LogP contribution in [0.3, 0.4) is 0 Å². The van der Waals surface area contributed by atoms with Crippen LogP contribution < -0.4 is 5.32 Å². The van der Waals surface area contributed by atoms with Crippen molar-refractivity contribution >= 4 is 11.6 Å². The minimum atomic E-state index is 0.0450. The molecule has 0 atom stereocenters. The van der Waals surface area contributed by atoms with Crippen LogP contribution in [-0.4, -0.2) is 52.9 Å². The summed E-state index contributed by atoms with van der Waals surface area (Å²) in [4.78, 5) is 21.6. The molecular formula is C23H30N4O. The van der Waals surface area contributed by atoms with Gasteiger partial charge in [-0.05, 0) is 30.5 Å². The number of carbonyl (C=O) groups excluding carboxylic acids is 1. The van der Waals surface area contributed by atoms with Gasteiger partial charge in [0.05, 0.1) is 11.9 Å². The van der Waals surface area contributed by atoms with E-state index in [1.807, 2.05) is 29.3 Å². The number of pyridine rings is 1. The SMILES string of the molecule is O=C(c1ccc(NC2CCCCC2)cn1)N1CCN(Cc2ccccc2)CC1. The largest absolute Gasteiger partial charge is 0.381 e. The molecule has 1 aliphatic heterocycles. The fourth-order valence-electron chi connectivity index (χ4n) is 4.20. The van der Waals surface area contributed by atoms with Crippen molar-refractivity contribution in [3.8, 4) is 0 Å². The molecule has 2 aliphatic rings. The summed E-state index contributed by atoms with van der Waals surface area (Å²) in [6.45, 7) is 4.28. The maximum Gasteiger partial charge on any atom is 0.272 e. The lowest BCUT2D eigenvalue weighted by Crippen LogP contribution is -2.48. The number of aromatic nitrogens is 1. The molecule has 5 heteroatoms. The highest BCUT2D eigenvalue weighted by atomic mass is 16.2. The third-order valence-corrected chi connectivity index (χ3v) is 5.87. The Kier molecular flexibility index (Phi) is 6.22. The Hall–Kier alpha value is -2.40. The number of benzene rings is 1. The zero-order valence-corrected chi connectivity index (χ0v) is 16.5. The zero-order valence-electron chi connectivity index (χ0n) is 16.5. The van der Waals surface area contributed by atoms with Gasteiger partial charge < -0.3 is 10.2 Å². The Bertz CT molecular complexity index is 748. The molecule has 1 aromatic carbocycles. The highest BCUT2D eigenvalue weighted by Crippen LogP contribution is 2.21. The molecular weight excluding hydrogens is 348 g/mol. The summed E-state index contributed by atoms with van der Waals surface area (Å²) in [6, 6.07) is 14.9. The molecule has 1 saturated heterocycles. The quantitative estimate of drug-likeness (QED) is 0.860. The van der Waals surface area contributed by atoms with Crippen LogP contribution in [0.25, 0.3) is 0 Å². The summed E-state index contributed by atoms with van der Waals surface area (Å²) in [7, 11) is 0. The van der Waals surface area contributed by atoms with Crippen LogP contribution >= 0.6 is 0 Å². The molecule has 2 aromatic rings. The summed E-state index contributed by atoms with van der Waals surface area (Å²) in [5.41, 5.74) is 2.90. The number of hydrogen-bond donors (Lipinski definition) is 1. The Morgan fingerprint density at radius 2 is 1.71 bits per heavy atom. The Morgan fingerprint density at radius 3 is 2.39 bits per heavy atom. The van der Waals surface area contributed by atoms with Crippen molar-refractivity contribution in [2.75, 3.05) is 31.5 Å². The first-order chi connectivity index (χ1) is 13.8. The second-order valence-corrected chi connectivity index (χ2v) is 7.97. The average Bonchev–Trinajstić information content (AvgIpc) is 2.76. The molecule has 0 bridgehead atoms. The number of piperazine rings is 1. The van der Waals surface area contributed by atoms with Gasteiger partial charge in [0, 0.05) is 38.8 Å². The van der Waals surface area contributed by atoms with Crippen molar-refractivity contribution in [3.05, 3.63) is 59.9 Å². The number of nitrogens with zero attached hydrogens (tertiary/aromatic N) is 3. The van der Waals surface area contributed by atoms with Crippen LogP contribution in [0.15, 0.2) is 48.7 Å². The number of carbonyl (C=O) groups is 1. The lowest BCUT2D eigenvalue weighted by Gasteiger charge is -2.34. The number of amides is 1. The minimum Gasteiger partial charge on any atom is -0.381 e. The van der Waals surface area contributed by atoms with E-state index in [-0.39, 0.29) is 5.91 Å². The van der Waals surface area contributed by atoms with Crippen molar-refractivity contribution < 1.29 is 4.79 Å². The smallest absolute Gasteiger partial charge is 0.272 e. The highest BCUT2D eigenvalue weighted by molar-refractivity contribution is 5.92. The van der Waals surface area contributed by atoms with Gasteiger partial charge in [0.15, 0.2) is 0 Å². The average molecular weight is 379 g/mol. The van der Waals surface area contributed by atoms with E-state index in [9.17, 15) is 4.79 Å². The molecule has 0 radical (unpaired) electrons. The summed E-state index contributed by atoms with van der Waals surface area (Å²) >= 11 is 0. The van der Waals surface area contributed by atoms with Crippen LogP contribution in [0.4, 0.5) is 5.69 Å². The lowest BCUT2D eigenvalue weighted by molar-refractivity contribution is 0.0623. The van der Waals surface area contributed by atoms with E-state index < -0.39 is 0 Å². The van der Waals surface area contributed by atoms with E-state index in [1.54, 1.807) is 0 Å². The molecule has 1 saturated carbocycles. The van der Waals surface area contributed by atoms with Gasteiger partial charge in [-0.15, -0.1) is 0 Å². The van der Waals surface area contributed by atoms with Gasteiger partial charge in [0.25, 0.3) is 5.91 Å². The number of nitrogens with one attached hydrogen (secondary N) is 1. The Morgan fingerprint density at radius 1 is 0.964 bits per heavy atom. The fraction of sp³-hybridized carbons (Fsp3) is 0.478. The predicted octanol–water partition coefficient (Wildman–Crippen LogP) is 3.78. The second-order valence-electron chi connectivity index (χ2n) is 7.97. The Balaban J connectivity index is 1.27. The zero-order chi connectivity index (χ0) is 19.2. The summed E-state index contributed by atoms with van der Waals surface area (Å²) in [5, 5.41) is 3.56. The number of rotatable bonds is 5. The topological polar surface area (TPSA) is 48.5 Å². The van der Waals surface area contributed by atoms with Crippen LogP contribution in [-0.2, 0) is 6.54 Å². The molecule has 1 aliphatic carbocycles. The normalized spacial score (nSPS) is 18.8. The minimum absolute atomic E-state index is 0.0450. The molecule has 2 fully saturated rings. The van der Waals surface area contributed by atoms with Gasteiger partial charge in [-0.3, -0.25) is 9.69 Å². The van der Waals surface area contributed by atoms with Crippen LogP contribution in [0, 0.1) is 0 Å². The molecule has 0 unspecified atom stereocenters. The molecule has 1 amide bonds. The lowest BCUT2D eigenvalue weighted by atomic mass is 9.95. The first-order valence-corrected chi connectivity index (χ1v) is 10.6. The molecule has 2 heterocycles. The molecule has 28 heavy (non-hydrogen) atoms. The van der Waals surface area contributed by atoms with E-state index in [1.165, 1.54) is 37.7 Å². The standard InChI is InChI=1S/C23H30N4O/c28-23(22-12-11-21(17-24-22)25-20-9-5-2-6-10-20)27-15-13-26(14-16-27)18-19-7-3-1-4-8-19/h1,3-4,7-8,11-12,17,20,25H,2,5-6,9-10,13-16,18H2. The summed E-state index contributed by atoms with van der Waals surface area (Å²) in [6.07, 6.45) is 8.23. The fourth-order valence-corrected chi connectivity index (χ4v) is 4.20. The molecule has 0 spiro atoms. The molecule has 148 valence electrons. The second kappa shape index (κ2) is 9.20. The van der Waals surface area contributed by atoms with Crippen molar-refractivity contribution in [2.45, 2.75) is 44.7 Å². The van der Waals surface area contributed by atoms with Gasteiger partial charge in [-0.1, -0.05) is 49.6 Å². The first-order valence-electron chi connectivity index (χ1n) is 10.6. The highest BCUT2D eigenvalue weighted by Gasteiger charge is 2.23. The van der Waals surface area contributed by atoms with Crippen molar-refractivity contribution in [2.24, 2.45) is 0 Å². The third-order valence-electron chi connectivity index (χ3n) is 5.87. The predicted molar refractivity (Wildman–Crippen MR) is 112 cm³/mol. The van der Waals surface area contributed by atoms with Gasteiger partial charge in [0.1, 0.15) is 5.69 Å². The van der Waals surface area contributed by atoms with Gasteiger partial charge in [-0.25, -0.2) is 4.98 Å². The van der Waals surface area contributed by atoms with Gasteiger partial charge in [0.2, 0.25) is 0 Å². The van der Waals surface area contributed by atoms with E-state index >= 15 is 0 Å². The van der Waals surface area contributed by atoms with E-state index in [2.05, 4.69) is 39.5 Å². The van der Waals surface area contributed by atoms with Crippen molar-refractivity contribution in [1.29, 1.82) is 0 Å².